The number of aryl methyl sites for hydroxylation is 1. The maximum atomic E-state index is 13.1. The molecule has 1 unspecified atom stereocenters. The normalized spacial score (nSPS) is 11.8. The number of nitrogens with zero attached hydrogens (tertiary/aromatic N) is 4. The molecule has 5 rings (SSSR count). The van der Waals surface area contributed by atoms with E-state index in [0.717, 1.165) is 39.0 Å². The van der Waals surface area contributed by atoms with Crippen LogP contribution in [0.4, 0.5) is 26.1 Å². The number of benzene rings is 1. The predicted molar refractivity (Wildman–Crippen MR) is 159 cm³/mol. The number of alkyl halides is 2. The molecule has 5 aromatic rings. The molecule has 0 aliphatic rings. The summed E-state index contributed by atoms with van der Waals surface area (Å²) in [5.74, 6) is 1.08. The molecule has 0 aliphatic heterocycles. The van der Waals surface area contributed by atoms with Crippen LogP contribution in [0.15, 0.2) is 79.4 Å². The van der Waals surface area contributed by atoms with Crippen molar-refractivity contribution in [1.29, 1.82) is 0 Å². The maximum Gasteiger partial charge on any atom is 0.259 e. The Bertz CT molecular complexity index is 1710. The van der Waals surface area contributed by atoms with Gasteiger partial charge in [0, 0.05) is 53.4 Å². The summed E-state index contributed by atoms with van der Waals surface area (Å²) in [7, 11) is 1.64. The summed E-state index contributed by atoms with van der Waals surface area (Å²) >= 11 is 0. The van der Waals surface area contributed by atoms with Gasteiger partial charge in [0.25, 0.3) is 12.3 Å². The lowest BCUT2D eigenvalue weighted by Crippen LogP contribution is -2.26. The summed E-state index contributed by atoms with van der Waals surface area (Å²) in [6.45, 7) is 3.79. The van der Waals surface area contributed by atoms with Crippen molar-refractivity contribution < 1.29 is 18.3 Å². The Kier molecular flexibility index (Phi) is 8.47. The van der Waals surface area contributed by atoms with Gasteiger partial charge in [0.1, 0.15) is 17.4 Å². The van der Waals surface area contributed by atoms with Crippen LogP contribution < -0.4 is 20.7 Å². The Hall–Kier alpha value is -5.19. The summed E-state index contributed by atoms with van der Waals surface area (Å²) in [5.41, 5.74) is 4.77. The second-order valence-corrected chi connectivity index (χ2v) is 9.67. The van der Waals surface area contributed by atoms with Gasteiger partial charge < -0.3 is 20.7 Å². The molecule has 0 saturated heterocycles. The molecule has 0 aliphatic carbocycles. The number of hydrogen-bond donors (Lipinski definition) is 3. The number of methoxy groups -OCH3 is 1. The Balaban J connectivity index is 1.32. The zero-order chi connectivity index (χ0) is 29.6. The molecule has 1 amide bonds. The number of amides is 1. The zero-order valence-corrected chi connectivity index (χ0v) is 23.2. The van der Waals surface area contributed by atoms with Crippen LogP contribution in [0, 0.1) is 6.92 Å². The predicted octanol–water partition coefficient (Wildman–Crippen LogP) is 6.33. The van der Waals surface area contributed by atoms with Crippen molar-refractivity contribution in [3.8, 4) is 16.9 Å². The largest absolute Gasteiger partial charge is 0.497 e. The van der Waals surface area contributed by atoms with Gasteiger partial charge in [-0.1, -0.05) is 12.1 Å². The highest BCUT2D eigenvalue weighted by Gasteiger charge is 2.19. The number of carbonyl (C=O) groups is 1. The smallest absolute Gasteiger partial charge is 0.259 e. The maximum absolute atomic E-state index is 13.1. The minimum atomic E-state index is -2.61. The van der Waals surface area contributed by atoms with E-state index in [1.165, 1.54) is 19.2 Å². The first-order valence-corrected chi connectivity index (χ1v) is 13.2. The molecule has 4 heterocycles. The van der Waals surface area contributed by atoms with E-state index in [2.05, 4.69) is 35.9 Å². The number of aromatic nitrogens is 4. The molecule has 42 heavy (non-hydrogen) atoms. The van der Waals surface area contributed by atoms with E-state index >= 15 is 0 Å². The second-order valence-electron chi connectivity index (χ2n) is 9.67. The third-order valence-electron chi connectivity index (χ3n) is 6.65. The van der Waals surface area contributed by atoms with Crippen molar-refractivity contribution in [3.63, 3.8) is 0 Å². The minimum Gasteiger partial charge on any atom is -0.497 e. The van der Waals surface area contributed by atoms with Crippen LogP contribution in [0.25, 0.3) is 22.0 Å². The molecule has 11 heteroatoms. The first-order valence-electron chi connectivity index (χ1n) is 13.2. The molecule has 214 valence electrons. The molecule has 1 atom stereocenters. The fourth-order valence-corrected chi connectivity index (χ4v) is 4.28. The molecule has 0 bridgehead atoms. The number of anilines is 3. The molecular weight excluding hydrogens is 540 g/mol. The third kappa shape index (κ3) is 6.57. The van der Waals surface area contributed by atoms with Gasteiger partial charge in [-0.2, -0.15) is 0 Å². The molecule has 0 saturated carbocycles. The van der Waals surface area contributed by atoms with Gasteiger partial charge >= 0.3 is 0 Å². The molecule has 0 fully saturated rings. The fourth-order valence-electron chi connectivity index (χ4n) is 4.28. The van der Waals surface area contributed by atoms with Gasteiger partial charge in [0.15, 0.2) is 0 Å². The van der Waals surface area contributed by atoms with E-state index in [1.54, 1.807) is 37.8 Å². The number of ether oxygens (including phenoxy) is 1. The number of hydrogen-bond acceptors (Lipinski definition) is 8. The van der Waals surface area contributed by atoms with Crippen molar-refractivity contribution in [2.45, 2.75) is 32.9 Å². The highest BCUT2D eigenvalue weighted by Crippen LogP contribution is 2.28. The minimum absolute atomic E-state index is 0.0761. The number of fused-ring (bicyclic) bond motifs is 1. The van der Waals surface area contributed by atoms with Crippen molar-refractivity contribution >= 4 is 34.1 Å². The molecule has 4 aromatic heterocycles. The van der Waals surface area contributed by atoms with E-state index in [-0.39, 0.29) is 11.4 Å². The van der Waals surface area contributed by atoms with Gasteiger partial charge in [-0.05, 0) is 55.8 Å². The quantitative estimate of drug-likeness (QED) is 0.179. The summed E-state index contributed by atoms with van der Waals surface area (Å²) in [6.07, 6.45) is 3.87. The summed E-state index contributed by atoms with van der Waals surface area (Å²) < 4.78 is 31.3. The average Bonchev–Trinajstić information content (AvgIpc) is 3.01. The summed E-state index contributed by atoms with van der Waals surface area (Å²) in [4.78, 5) is 30.7. The van der Waals surface area contributed by atoms with Crippen molar-refractivity contribution in [2.75, 3.05) is 23.1 Å². The van der Waals surface area contributed by atoms with Gasteiger partial charge in [-0.3, -0.25) is 14.8 Å². The second kappa shape index (κ2) is 12.5. The lowest BCUT2D eigenvalue weighted by molar-refractivity contribution is 0.102. The SMILES string of the molecule is COc1ccc(CNc2cc3ncc(-c4cc(NC(=O)c5cccnc5NC(C)C(F)F)cnc4C)cc3cn2)cc1. The first-order chi connectivity index (χ1) is 20.3. The molecule has 0 spiro atoms. The van der Waals surface area contributed by atoms with E-state index in [9.17, 15) is 13.6 Å². The van der Waals surface area contributed by atoms with E-state index < -0.39 is 18.4 Å². The van der Waals surface area contributed by atoms with Crippen LogP contribution in [0.3, 0.4) is 0 Å². The highest BCUT2D eigenvalue weighted by atomic mass is 19.3. The number of nitrogens with one attached hydrogen (secondary N) is 3. The van der Waals surface area contributed by atoms with Crippen molar-refractivity contribution in [1.82, 2.24) is 19.9 Å². The standard InChI is InChI=1S/C31H29F2N7O2/c1-18-26(12-23(17-35-18)40-31(41)25-5-4-10-34-30(25)39-19(2)29(32)33)21-11-22-16-38-28(13-27(22)36-15-21)37-14-20-6-8-24(42-3)9-7-20/h4-13,15-17,19,29H,14H2,1-3H3,(H,34,39)(H,37,38)(H,40,41). The van der Waals surface area contributed by atoms with Crippen LogP contribution in [0.5, 0.6) is 5.75 Å². The first kappa shape index (κ1) is 28.3. The number of carbonyl (C=O) groups excluding carboxylic acids is 1. The summed E-state index contributed by atoms with van der Waals surface area (Å²) in [6, 6.07) is 15.4. The Morgan fingerprint density at radius 1 is 0.976 bits per heavy atom. The average molecular weight is 570 g/mol. The Labute approximate surface area is 241 Å². The van der Waals surface area contributed by atoms with Crippen LogP contribution in [0.1, 0.15) is 28.5 Å². The van der Waals surface area contributed by atoms with Crippen LogP contribution >= 0.6 is 0 Å². The Morgan fingerprint density at radius 3 is 2.55 bits per heavy atom. The lowest BCUT2D eigenvalue weighted by Gasteiger charge is -2.16. The van der Waals surface area contributed by atoms with Crippen LogP contribution in [0.2, 0.25) is 0 Å². The highest BCUT2D eigenvalue weighted by molar-refractivity contribution is 6.07. The van der Waals surface area contributed by atoms with Crippen molar-refractivity contribution in [3.05, 3.63) is 96.2 Å². The number of pyridine rings is 4. The van der Waals surface area contributed by atoms with E-state index in [1.807, 2.05) is 43.3 Å². The number of rotatable bonds is 10. The van der Waals surface area contributed by atoms with E-state index in [4.69, 9.17) is 4.74 Å². The molecule has 9 nitrogen and oxygen atoms in total. The third-order valence-corrected chi connectivity index (χ3v) is 6.65. The fraction of sp³-hybridized carbons (Fsp3) is 0.194. The Morgan fingerprint density at radius 2 is 1.79 bits per heavy atom. The topological polar surface area (TPSA) is 114 Å². The number of halogens is 2. The lowest BCUT2D eigenvalue weighted by atomic mass is 10.0. The van der Waals surface area contributed by atoms with Crippen molar-refractivity contribution in [2.24, 2.45) is 0 Å². The van der Waals surface area contributed by atoms with Gasteiger partial charge in [0.2, 0.25) is 0 Å². The van der Waals surface area contributed by atoms with Crippen LogP contribution in [-0.2, 0) is 6.54 Å². The van der Waals surface area contributed by atoms with Gasteiger partial charge in [-0.25, -0.2) is 18.7 Å². The summed E-state index contributed by atoms with van der Waals surface area (Å²) in [5, 5.41) is 9.56. The van der Waals surface area contributed by atoms with Gasteiger partial charge in [-0.15, -0.1) is 0 Å². The van der Waals surface area contributed by atoms with Gasteiger partial charge in [0.05, 0.1) is 36.1 Å². The molecular formula is C31H29F2N7O2. The molecule has 3 N–H and O–H groups in total. The van der Waals surface area contributed by atoms with E-state index in [0.29, 0.717) is 18.1 Å². The molecule has 0 radical (unpaired) electrons. The molecule has 1 aromatic carbocycles. The van der Waals surface area contributed by atoms with Crippen LogP contribution in [-0.4, -0.2) is 45.4 Å². The zero-order valence-electron chi connectivity index (χ0n) is 23.2. The monoisotopic (exact) mass is 569 g/mol.